The number of hydrogen-bond acceptors (Lipinski definition) is 3. The number of nitrogens with two attached hydrogens (primary N) is 1. The predicted molar refractivity (Wildman–Crippen MR) is 106 cm³/mol. The minimum absolute atomic E-state index is 0. The molecule has 0 spiro atoms. The zero-order valence-corrected chi connectivity index (χ0v) is 16.9. The third-order valence-corrected chi connectivity index (χ3v) is 6.10. The Bertz CT molecular complexity index is 677. The van der Waals surface area contributed by atoms with Crippen molar-refractivity contribution in [3.8, 4) is 0 Å². The van der Waals surface area contributed by atoms with Crippen LogP contribution >= 0.6 is 12.4 Å². The van der Waals surface area contributed by atoms with Crippen molar-refractivity contribution >= 4 is 24.0 Å². The number of carbonyl (C=O) groups excluding carboxylic acids is 1. The van der Waals surface area contributed by atoms with Crippen LogP contribution in [0.25, 0.3) is 0 Å². The Hall–Kier alpha value is -1.47. The van der Waals surface area contributed by atoms with Gasteiger partial charge in [-0.2, -0.15) is 13.2 Å². The van der Waals surface area contributed by atoms with Crippen molar-refractivity contribution in [1.29, 1.82) is 0 Å². The lowest BCUT2D eigenvalue weighted by Gasteiger charge is -2.41. The Balaban J connectivity index is 0.00000280. The van der Waals surface area contributed by atoms with E-state index in [9.17, 15) is 18.0 Å². The van der Waals surface area contributed by atoms with Crippen molar-refractivity contribution in [3.63, 3.8) is 0 Å². The van der Waals surface area contributed by atoms with Crippen LogP contribution in [0.15, 0.2) is 18.2 Å². The van der Waals surface area contributed by atoms with Gasteiger partial charge in [-0.25, -0.2) is 0 Å². The Labute approximate surface area is 170 Å². The van der Waals surface area contributed by atoms with Crippen LogP contribution in [0.2, 0.25) is 0 Å². The average Bonchev–Trinajstić information content (AvgIpc) is 3.16. The van der Waals surface area contributed by atoms with Gasteiger partial charge in [0.05, 0.1) is 12.0 Å². The van der Waals surface area contributed by atoms with Crippen molar-refractivity contribution in [2.24, 2.45) is 5.92 Å². The van der Waals surface area contributed by atoms with E-state index in [-0.39, 0.29) is 36.5 Å². The first-order valence-corrected chi connectivity index (χ1v) is 9.72. The molecule has 0 aromatic heterocycles. The van der Waals surface area contributed by atoms with Crippen molar-refractivity contribution in [1.82, 2.24) is 10.2 Å². The fourth-order valence-corrected chi connectivity index (χ4v) is 4.57. The highest BCUT2D eigenvalue weighted by Gasteiger charge is 2.37. The number of nitrogens with one attached hydrogen (secondary N) is 1. The normalized spacial score (nSPS) is 25.2. The summed E-state index contributed by atoms with van der Waals surface area (Å²) in [5, 5.41) is 3.56. The smallest absolute Gasteiger partial charge is 0.398 e. The molecule has 2 aliphatic rings. The minimum Gasteiger partial charge on any atom is -0.398 e. The number of hydrogen-bond donors (Lipinski definition) is 2. The molecule has 1 aliphatic carbocycles. The highest BCUT2D eigenvalue weighted by molar-refractivity contribution is 5.85. The van der Waals surface area contributed by atoms with Crippen LogP contribution in [0.3, 0.4) is 0 Å². The lowest BCUT2D eigenvalue weighted by molar-refractivity contribution is -0.137. The molecular weight excluding hydrogens is 391 g/mol. The van der Waals surface area contributed by atoms with Gasteiger partial charge in [-0.05, 0) is 55.8 Å². The van der Waals surface area contributed by atoms with E-state index in [0.29, 0.717) is 17.5 Å². The van der Waals surface area contributed by atoms with Crippen molar-refractivity contribution < 1.29 is 18.0 Å². The van der Waals surface area contributed by atoms with Crippen molar-refractivity contribution in [2.45, 2.75) is 63.2 Å². The van der Waals surface area contributed by atoms with Crippen LogP contribution in [-0.4, -0.2) is 36.5 Å². The first kappa shape index (κ1) is 22.8. The molecule has 4 nitrogen and oxygen atoms in total. The Morgan fingerprint density at radius 2 is 1.93 bits per heavy atom. The standard InChI is InChI=1S/C20H28F3N3O.ClH/c1-26(18-7-3-2-5-15(18)17-6-4-10-25-17)19(27)11-13-8-9-14(12-16(13)24)20(21,22)23;/h8-9,12,15,17-18,25H,2-7,10-11,24H2,1H3;1H. The molecule has 158 valence electrons. The monoisotopic (exact) mass is 419 g/mol. The van der Waals surface area contributed by atoms with E-state index in [1.807, 2.05) is 7.05 Å². The number of amides is 1. The quantitative estimate of drug-likeness (QED) is 0.724. The SMILES string of the molecule is CN(C(=O)Cc1ccc(C(F)(F)F)cc1N)C1CCCCC1C1CCCN1.Cl. The van der Waals surface area contributed by atoms with Gasteiger partial charge in [-0.1, -0.05) is 18.9 Å². The molecule has 1 heterocycles. The van der Waals surface area contributed by atoms with Gasteiger partial charge in [0.15, 0.2) is 0 Å². The number of rotatable bonds is 4. The summed E-state index contributed by atoms with van der Waals surface area (Å²) in [5.74, 6) is 0.358. The summed E-state index contributed by atoms with van der Waals surface area (Å²) in [4.78, 5) is 14.6. The second kappa shape index (κ2) is 9.35. The summed E-state index contributed by atoms with van der Waals surface area (Å²) in [7, 11) is 1.82. The molecular formula is C20H29ClF3N3O. The number of likely N-dealkylation sites (N-methyl/N-ethyl adjacent to an activating group) is 1. The van der Waals surface area contributed by atoms with Crippen LogP contribution in [0.4, 0.5) is 18.9 Å². The van der Waals surface area contributed by atoms with Crippen LogP contribution < -0.4 is 11.1 Å². The van der Waals surface area contributed by atoms with Gasteiger partial charge in [-0.15, -0.1) is 12.4 Å². The van der Waals surface area contributed by atoms with Gasteiger partial charge >= 0.3 is 6.18 Å². The molecule has 1 amide bonds. The van der Waals surface area contributed by atoms with E-state index in [1.54, 1.807) is 4.90 Å². The molecule has 1 aromatic carbocycles. The summed E-state index contributed by atoms with van der Waals surface area (Å²) in [6.45, 7) is 1.04. The fraction of sp³-hybridized carbons (Fsp3) is 0.650. The van der Waals surface area contributed by atoms with Gasteiger partial charge in [0, 0.05) is 24.8 Å². The zero-order chi connectivity index (χ0) is 19.6. The van der Waals surface area contributed by atoms with Gasteiger partial charge in [0.25, 0.3) is 0 Å². The molecule has 28 heavy (non-hydrogen) atoms. The second-order valence-corrected chi connectivity index (χ2v) is 7.81. The number of halogens is 4. The van der Waals surface area contributed by atoms with E-state index < -0.39 is 11.7 Å². The number of carbonyl (C=O) groups is 1. The Morgan fingerprint density at radius 3 is 2.54 bits per heavy atom. The first-order chi connectivity index (χ1) is 12.8. The number of alkyl halides is 3. The van der Waals surface area contributed by atoms with E-state index in [1.165, 1.54) is 18.9 Å². The highest BCUT2D eigenvalue weighted by atomic mass is 35.5. The van der Waals surface area contributed by atoms with Crippen molar-refractivity contribution in [2.75, 3.05) is 19.3 Å². The molecule has 0 radical (unpaired) electrons. The van der Waals surface area contributed by atoms with Crippen LogP contribution in [0.1, 0.15) is 49.7 Å². The molecule has 3 unspecified atom stereocenters. The van der Waals surface area contributed by atoms with E-state index in [0.717, 1.165) is 44.4 Å². The molecule has 1 aromatic rings. The van der Waals surface area contributed by atoms with Crippen molar-refractivity contribution in [3.05, 3.63) is 29.3 Å². The molecule has 2 fully saturated rings. The summed E-state index contributed by atoms with van der Waals surface area (Å²) < 4.78 is 38.4. The van der Waals surface area contributed by atoms with Crippen LogP contribution in [0, 0.1) is 5.92 Å². The van der Waals surface area contributed by atoms with E-state index >= 15 is 0 Å². The van der Waals surface area contributed by atoms with Gasteiger partial charge in [0.1, 0.15) is 0 Å². The lowest BCUT2D eigenvalue weighted by atomic mass is 9.78. The van der Waals surface area contributed by atoms with E-state index in [4.69, 9.17) is 5.73 Å². The number of nitrogen functional groups attached to an aromatic ring is 1. The third-order valence-electron chi connectivity index (χ3n) is 6.10. The van der Waals surface area contributed by atoms with Gasteiger partial charge in [0.2, 0.25) is 5.91 Å². The number of benzene rings is 1. The second-order valence-electron chi connectivity index (χ2n) is 7.81. The molecule has 3 rings (SSSR count). The minimum atomic E-state index is -4.43. The van der Waals surface area contributed by atoms with E-state index in [2.05, 4.69) is 5.32 Å². The molecule has 3 N–H and O–H groups in total. The third kappa shape index (κ3) is 5.11. The number of anilines is 1. The predicted octanol–water partition coefficient (Wildman–Crippen LogP) is 4.02. The Kier molecular flexibility index (Phi) is 7.62. The first-order valence-electron chi connectivity index (χ1n) is 9.72. The maximum Gasteiger partial charge on any atom is 0.416 e. The summed E-state index contributed by atoms with van der Waals surface area (Å²) in [6, 6.07) is 3.86. The largest absolute Gasteiger partial charge is 0.416 e. The zero-order valence-electron chi connectivity index (χ0n) is 16.1. The molecule has 8 heteroatoms. The molecule has 0 bridgehead atoms. The highest BCUT2D eigenvalue weighted by Crippen LogP contribution is 2.34. The lowest BCUT2D eigenvalue weighted by Crippen LogP contribution is -2.50. The maximum atomic E-state index is 12.8. The van der Waals surface area contributed by atoms with Crippen LogP contribution in [-0.2, 0) is 17.4 Å². The van der Waals surface area contributed by atoms with Gasteiger partial charge in [-0.3, -0.25) is 4.79 Å². The molecule has 1 aliphatic heterocycles. The van der Waals surface area contributed by atoms with Crippen LogP contribution in [0.5, 0.6) is 0 Å². The van der Waals surface area contributed by atoms with Gasteiger partial charge < -0.3 is 16.0 Å². The molecule has 1 saturated heterocycles. The summed E-state index contributed by atoms with van der Waals surface area (Å²) in [6.07, 6.45) is 2.30. The maximum absolute atomic E-state index is 12.8. The summed E-state index contributed by atoms with van der Waals surface area (Å²) in [5.41, 5.74) is 5.47. The fourth-order valence-electron chi connectivity index (χ4n) is 4.57. The topological polar surface area (TPSA) is 58.4 Å². The molecule has 3 atom stereocenters. The Morgan fingerprint density at radius 1 is 1.21 bits per heavy atom. The number of nitrogens with zero attached hydrogens (tertiary/aromatic N) is 1. The summed E-state index contributed by atoms with van der Waals surface area (Å²) >= 11 is 0. The molecule has 1 saturated carbocycles. The average molecular weight is 420 g/mol.